The SMILES string of the molecule is Cc1ccc(C(F)(F)F)cc1NC(=O)CC1CSCCN1. The van der Waals surface area contributed by atoms with Crippen LogP contribution in [0.3, 0.4) is 0 Å². The summed E-state index contributed by atoms with van der Waals surface area (Å²) >= 11 is 1.77. The van der Waals surface area contributed by atoms with E-state index in [0.29, 0.717) is 5.56 Å². The van der Waals surface area contributed by atoms with Crippen molar-refractivity contribution in [2.45, 2.75) is 25.6 Å². The second-order valence-electron chi connectivity index (χ2n) is 5.01. The molecule has 1 aromatic carbocycles. The standard InChI is InChI=1S/C14H17F3N2OS/c1-9-2-3-10(14(15,16)17)6-12(9)19-13(20)7-11-8-21-5-4-18-11/h2-3,6,11,18H,4-5,7-8H2,1H3,(H,19,20). The van der Waals surface area contributed by atoms with E-state index in [1.54, 1.807) is 18.7 Å². The second kappa shape index (κ2) is 6.70. The Labute approximate surface area is 125 Å². The monoisotopic (exact) mass is 318 g/mol. The molecule has 21 heavy (non-hydrogen) atoms. The Hall–Kier alpha value is -1.21. The van der Waals surface area contributed by atoms with Gasteiger partial charge in [-0.05, 0) is 24.6 Å². The lowest BCUT2D eigenvalue weighted by Crippen LogP contribution is -2.39. The zero-order chi connectivity index (χ0) is 15.5. The van der Waals surface area contributed by atoms with Crippen molar-refractivity contribution in [1.82, 2.24) is 5.32 Å². The molecule has 1 amide bonds. The molecule has 0 bridgehead atoms. The highest BCUT2D eigenvalue weighted by atomic mass is 32.2. The van der Waals surface area contributed by atoms with Crippen molar-refractivity contribution in [3.05, 3.63) is 29.3 Å². The third-order valence-electron chi connectivity index (χ3n) is 3.27. The second-order valence-corrected chi connectivity index (χ2v) is 6.16. The van der Waals surface area contributed by atoms with Gasteiger partial charge in [-0.2, -0.15) is 24.9 Å². The Morgan fingerprint density at radius 1 is 1.48 bits per heavy atom. The van der Waals surface area contributed by atoms with Crippen LogP contribution in [0.15, 0.2) is 18.2 Å². The Morgan fingerprint density at radius 2 is 2.24 bits per heavy atom. The van der Waals surface area contributed by atoms with E-state index < -0.39 is 11.7 Å². The lowest BCUT2D eigenvalue weighted by atomic mass is 10.1. The summed E-state index contributed by atoms with van der Waals surface area (Å²) in [6.07, 6.45) is -4.14. The highest BCUT2D eigenvalue weighted by Gasteiger charge is 2.31. The van der Waals surface area contributed by atoms with Crippen LogP contribution in [0.2, 0.25) is 0 Å². The predicted octanol–water partition coefficient (Wildman–Crippen LogP) is 3.05. The minimum absolute atomic E-state index is 0.0786. The molecular weight excluding hydrogens is 301 g/mol. The number of benzene rings is 1. The summed E-state index contributed by atoms with van der Waals surface area (Å²) in [4.78, 5) is 12.0. The van der Waals surface area contributed by atoms with Crippen molar-refractivity contribution in [2.75, 3.05) is 23.4 Å². The number of rotatable bonds is 3. The van der Waals surface area contributed by atoms with E-state index in [1.165, 1.54) is 6.07 Å². The molecule has 3 nitrogen and oxygen atoms in total. The van der Waals surface area contributed by atoms with Gasteiger partial charge in [0.2, 0.25) is 5.91 Å². The van der Waals surface area contributed by atoms with Crippen LogP contribution in [-0.4, -0.2) is 30.0 Å². The molecule has 0 aliphatic carbocycles. The van der Waals surface area contributed by atoms with E-state index in [1.807, 2.05) is 0 Å². The van der Waals surface area contributed by atoms with Crippen LogP contribution in [0.4, 0.5) is 18.9 Å². The van der Waals surface area contributed by atoms with Gasteiger partial charge in [-0.3, -0.25) is 4.79 Å². The Morgan fingerprint density at radius 3 is 2.86 bits per heavy atom. The van der Waals surface area contributed by atoms with Gasteiger partial charge in [0.05, 0.1) is 5.56 Å². The average molecular weight is 318 g/mol. The fraction of sp³-hybridized carbons (Fsp3) is 0.500. The number of halogens is 3. The molecule has 2 N–H and O–H groups in total. The fourth-order valence-corrected chi connectivity index (χ4v) is 3.06. The van der Waals surface area contributed by atoms with Gasteiger partial charge in [-0.25, -0.2) is 0 Å². The van der Waals surface area contributed by atoms with E-state index in [-0.39, 0.29) is 24.1 Å². The van der Waals surface area contributed by atoms with Crippen molar-refractivity contribution in [2.24, 2.45) is 0 Å². The highest BCUT2D eigenvalue weighted by molar-refractivity contribution is 7.99. The first-order chi connectivity index (χ1) is 9.86. The number of hydrogen-bond acceptors (Lipinski definition) is 3. The molecular formula is C14H17F3N2OS. The molecule has 2 rings (SSSR count). The van der Waals surface area contributed by atoms with Crippen molar-refractivity contribution < 1.29 is 18.0 Å². The summed E-state index contributed by atoms with van der Waals surface area (Å²) in [5, 5.41) is 5.81. The molecule has 1 aromatic rings. The number of aryl methyl sites for hydroxylation is 1. The normalized spacial score (nSPS) is 19.3. The maximum Gasteiger partial charge on any atom is 0.416 e. The largest absolute Gasteiger partial charge is 0.416 e. The van der Waals surface area contributed by atoms with Crippen LogP contribution in [0, 0.1) is 6.92 Å². The first-order valence-electron chi connectivity index (χ1n) is 6.65. The zero-order valence-corrected chi connectivity index (χ0v) is 12.4. The Balaban J connectivity index is 2.02. The van der Waals surface area contributed by atoms with Gasteiger partial charge in [0.15, 0.2) is 0 Å². The molecule has 0 aromatic heterocycles. The summed E-state index contributed by atoms with van der Waals surface area (Å²) in [5.41, 5.74) is 0.0790. The Bertz CT molecular complexity index is 513. The van der Waals surface area contributed by atoms with Crippen LogP contribution in [0.5, 0.6) is 0 Å². The van der Waals surface area contributed by atoms with Gasteiger partial charge in [0, 0.05) is 36.2 Å². The molecule has 1 fully saturated rings. The number of carbonyl (C=O) groups is 1. The van der Waals surface area contributed by atoms with Gasteiger partial charge < -0.3 is 10.6 Å². The van der Waals surface area contributed by atoms with E-state index in [0.717, 1.165) is 30.2 Å². The minimum atomic E-state index is -4.41. The molecule has 1 atom stereocenters. The van der Waals surface area contributed by atoms with Crippen LogP contribution in [0.25, 0.3) is 0 Å². The third kappa shape index (κ3) is 4.64. The minimum Gasteiger partial charge on any atom is -0.326 e. The maximum atomic E-state index is 12.7. The van der Waals surface area contributed by atoms with E-state index >= 15 is 0 Å². The van der Waals surface area contributed by atoms with Gasteiger partial charge in [0.1, 0.15) is 0 Å². The Kier molecular flexibility index (Phi) is 5.16. The first kappa shape index (κ1) is 16.2. The van der Waals surface area contributed by atoms with E-state index in [9.17, 15) is 18.0 Å². The molecule has 0 saturated carbocycles. The first-order valence-corrected chi connectivity index (χ1v) is 7.80. The number of thioether (sulfide) groups is 1. The van der Waals surface area contributed by atoms with Gasteiger partial charge >= 0.3 is 6.18 Å². The topological polar surface area (TPSA) is 41.1 Å². The average Bonchev–Trinajstić information content (AvgIpc) is 2.41. The van der Waals surface area contributed by atoms with E-state index in [4.69, 9.17) is 0 Å². The summed E-state index contributed by atoms with van der Waals surface area (Å²) < 4.78 is 38.1. The maximum absolute atomic E-state index is 12.7. The molecule has 1 heterocycles. The van der Waals surface area contributed by atoms with Crippen LogP contribution in [-0.2, 0) is 11.0 Å². The van der Waals surface area contributed by atoms with Crippen molar-refractivity contribution >= 4 is 23.4 Å². The van der Waals surface area contributed by atoms with Crippen molar-refractivity contribution in [3.8, 4) is 0 Å². The quantitative estimate of drug-likeness (QED) is 0.900. The van der Waals surface area contributed by atoms with Crippen LogP contribution in [0.1, 0.15) is 17.5 Å². The lowest BCUT2D eigenvalue weighted by Gasteiger charge is -2.22. The number of hydrogen-bond donors (Lipinski definition) is 2. The number of alkyl halides is 3. The smallest absolute Gasteiger partial charge is 0.326 e. The third-order valence-corrected chi connectivity index (χ3v) is 4.40. The highest BCUT2D eigenvalue weighted by Crippen LogP contribution is 2.32. The number of amides is 1. The summed E-state index contributed by atoms with van der Waals surface area (Å²) in [6, 6.07) is 3.45. The number of carbonyl (C=O) groups excluding carboxylic acids is 1. The molecule has 1 aliphatic rings. The molecule has 116 valence electrons. The molecule has 1 aliphatic heterocycles. The molecule has 7 heteroatoms. The van der Waals surface area contributed by atoms with Crippen LogP contribution >= 0.6 is 11.8 Å². The van der Waals surface area contributed by atoms with Crippen LogP contribution < -0.4 is 10.6 Å². The van der Waals surface area contributed by atoms with Gasteiger partial charge in [-0.15, -0.1) is 0 Å². The molecule has 1 unspecified atom stereocenters. The molecule has 1 saturated heterocycles. The number of nitrogens with one attached hydrogen (secondary N) is 2. The van der Waals surface area contributed by atoms with Gasteiger partial charge in [0.25, 0.3) is 0 Å². The fourth-order valence-electron chi connectivity index (χ4n) is 2.11. The number of anilines is 1. The predicted molar refractivity (Wildman–Crippen MR) is 78.5 cm³/mol. The zero-order valence-electron chi connectivity index (χ0n) is 11.6. The van der Waals surface area contributed by atoms with Gasteiger partial charge in [-0.1, -0.05) is 6.07 Å². The summed E-state index contributed by atoms with van der Waals surface area (Å²) in [6.45, 7) is 2.52. The summed E-state index contributed by atoms with van der Waals surface area (Å²) in [7, 11) is 0. The van der Waals surface area contributed by atoms with Crippen molar-refractivity contribution in [1.29, 1.82) is 0 Å². The molecule has 0 spiro atoms. The summed E-state index contributed by atoms with van der Waals surface area (Å²) in [5.74, 6) is 1.59. The van der Waals surface area contributed by atoms with E-state index in [2.05, 4.69) is 10.6 Å². The lowest BCUT2D eigenvalue weighted by molar-refractivity contribution is -0.137. The van der Waals surface area contributed by atoms with Crippen molar-refractivity contribution in [3.63, 3.8) is 0 Å². The molecule has 0 radical (unpaired) electrons.